The summed E-state index contributed by atoms with van der Waals surface area (Å²) >= 11 is 0. The molecular formula is C25H28N2O5. The van der Waals surface area contributed by atoms with Gasteiger partial charge in [0, 0.05) is 19.5 Å². The van der Waals surface area contributed by atoms with Crippen LogP contribution in [0, 0.1) is 13.8 Å². The van der Waals surface area contributed by atoms with Gasteiger partial charge in [-0.1, -0.05) is 42.0 Å². The minimum atomic E-state index is -0.855. The lowest BCUT2D eigenvalue weighted by Gasteiger charge is -2.32. The van der Waals surface area contributed by atoms with Crippen LogP contribution in [0.2, 0.25) is 0 Å². The lowest BCUT2D eigenvalue weighted by molar-refractivity contribution is -0.150. The Kier molecular flexibility index (Phi) is 6.87. The third-order valence-electron chi connectivity index (χ3n) is 5.74. The van der Waals surface area contributed by atoms with Gasteiger partial charge in [-0.25, -0.2) is 4.98 Å². The highest BCUT2D eigenvalue weighted by Crippen LogP contribution is 2.27. The Morgan fingerprint density at radius 3 is 2.53 bits per heavy atom. The minimum absolute atomic E-state index is 0.217. The number of oxazole rings is 1. The van der Waals surface area contributed by atoms with E-state index in [1.807, 2.05) is 36.1 Å². The molecule has 2 unspecified atom stereocenters. The topological polar surface area (TPSA) is 85.0 Å². The van der Waals surface area contributed by atoms with Crippen LogP contribution in [0.1, 0.15) is 34.2 Å². The van der Waals surface area contributed by atoms with E-state index in [0.29, 0.717) is 26.1 Å². The fourth-order valence-corrected chi connectivity index (χ4v) is 3.88. The average molecular weight is 437 g/mol. The highest BCUT2D eigenvalue weighted by atomic mass is 16.5. The van der Waals surface area contributed by atoms with Crippen LogP contribution in [-0.4, -0.2) is 46.8 Å². The number of rotatable bonds is 8. The van der Waals surface area contributed by atoms with Gasteiger partial charge < -0.3 is 19.0 Å². The predicted octanol–water partition coefficient (Wildman–Crippen LogP) is 3.94. The maximum atomic E-state index is 11.5. The van der Waals surface area contributed by atoms with E-state index in [2.05, 4.69) is 36.2 Å². The van der Waals surface area contributed by atoms with Gasteiger partial charge in [0.1, 0.15) is 29.3 Å². The second-order valence-corrected chi connectivity index (χ2v) is 8.13. The molecule has 1 fully saturated rings. The first kappa shape index (κ1) is 22.0. The van der Waals surface area contributed by atoms with E-state index >= 15 is 0 Å². The maximum Gasteiger partial charge on any atom is 0.323 e. The van der Waals surface area contributed by atoms with Crippen molar-refractivity contribution in [3.63, 3.8) is 0 Å². The number of carbonyl (C=O) groups is 1. The number of benzene rings is 2. The third-order valence-corrected chi connectivity index (χ3v) is 5.74. The monoisotopic (exact) mass is 436 g/mol. The molecule has 0 spiro atoms. The van der Waals surface area contributed by atoms with Gasteiger partial charge in [-0.15, -0.1) is 0 Å². The van der Waals surface area contributed by atoms with Crippen LogP contribution in [0.3, 0.4) is 0 Å². The molecule has 2 atom stereocenters. The van der Waals surface area contributed by atoms with E-state index in [-0.39, 0.29) is 12.7 Å². The molecule has 0 saturated carbocycles. The van der Waals surface area contributed by atoms with Gasteiger partial charge in [0.05, 0.1) is 13.2 Å². The Bertz CT molecular complexity index is 1030. The zero-order valence-electron chi connectivity index (χ0n) is 18.4. The van der Waals surface area contributed by atoms with Gasteiger partial charge in [-0.3, -0.25) is 9.69 Å². The number of carboxylic acid groups (broad SMARTS) is 1. The summed E-state index contributed by atoms with van der Waals surface area (Å²) in [6, 6.07) is 15.6. The third kappa shape index (κ3) is 5.36. The molecule has 7 heteroatoms. The SMILES string of the molecule is Cc1ccc(CC(Oc2ccc(CN3CCOCC3C(=O)O)cc2)c2ncoc2C)cc1. The van der Waals surface area contributed by atoms with Crippen molar-refractivity contribution in [1.29, 1.82) is 0 Å². The molecular weight excluding hydrogens is 408 g/mol. The normalized spacial score (nSPS) is 17.8. The molecule has 7 nitrogen and oxygen atoms in total. The summed E-state index contributed by atoms with van der Waals surface area (Å²) in [7, 11) is 0. The van der Waals surface area contributed by atoms with Crippen LogP contribution < -0.4 is 4.74 Å². The maximum absolute atomic E-state index is 11.5. The van der Waals surface area contributed by atoms with Gasteiger partial charge in [-0.2, -0.15) is 0 Å². The molecule has 0 bridgehead atoms. The number of aliphatic carboxylic acids is 1. The number of aromatic nitrogens is 1. The fraction of sp³-hybridized carbons (Fsp3) is 0.360. The molecule has 168 valence electrons. The molecule has 0 radical (unpaired) electrons. The highest BCUT2D eigenvalue weighted by molar-refractivity contribution is 5.73. The Balaban J connectivity index is 1.47. The van der Waals surface area contributed by atoms with E-state index in [0.717, 1.165) is 28.3 Å². The Labute approximate surface area is 187 Å². The predicted molar refractivity (Wildman–Crippen MR) is 119 cm³/mol. The Morgan fingerprint density at radius 2 is 1.88 bits per heavy atom. The van der Waals surface area contributed by atoms with Crippen LogP contribution in [-0.2, 0) is 22.5 Å². The summed E-state index contributed by atoms with van der Waals surface area (Å²) in [5.41, 5.74) is 4.18. The van der Waals surface area contributed by atoms with E-state index in [1.54, 1.807) is 0 Å². The first-order chi connectivity index (χ1) is 15.5. The van der Waals surface area contributed by atoms with Crippen molar-refractivity contribution in [2.75, 3.05) is 19.8 Å². The zero-order valence-corrected chi connectivity index (χ0v) is 18.4. The molecule has 1 N–H and O–H groups in total. The van der Waals surface area contributed by atoms with E-state index in [1.165, 1.54) is 12.0 Å². The molecule has 1 aliphatic rings. The number of morpholine rings is 1. The van der Waals surface area contributed by atoms with Crippen molar-refractivity contribution in [3.05, 3.63) is 83.1 Å². The standard InChI is InChI=1S/C25H28N2O5/c1-17-3-5-19(6-4-17)13-23(24-18(2)31-16-26-24)32-21-9-7-20(8-10-21)14-27-11-12-30-15-22(27)25(28)29/h3-10,16,22-23H,11-15H2,1-2H3,(H,28,29). The number of ether oxygens (including phenoxy) is 2. The van der Waals surface area contributed by atoms with Crippen LogP contribution in [0.4, 0.5) is 0 Å². The molecule has 4 rings (SSSR count). The first-order valence-corrected chi connectivity index (χ1v) is 10.8. The first-order valence-electron chi connectivity index (χ1n) is 10.8. The van der Waals surface area contributed by atoms with Crippen LogP contribution in [0.25, 0.3) is 0 Å². The molecule has 2 aromatic carbocycles. The fourth-order valence-electron chi connectivity index (χ4n) is 3.88. The molecule has 1 aliphatic heterocycles. The van der Waals surface area contributed by atoms with Crippen molar-refractivity contribution >= 4 is 5.97 Å². The number of hydrogen-bond acceptors (Lipinski definition) is 6. The molecule has 2 heterocycles. The van der Waals surface area contributed by atoms with Gasteiger partial charge in [-0.05, 0) is 37.1 Å². The average Bonchev–Trinajstić information content (AvgIpc) is 3.22. The van der Waals surface area contributed by atoms with Crippen molar-refractivity contribution < 1.29 is 23.8 Å². The quantitative estimate of drug-likeness (QED) is 0.572. The van der Waals surface area contributed by atoms with Gasteiger partial charge in [0.25, 0.3) is 0 Å². The van der Waals surface area contributed by atoms with Crippen molar-refractivity contribution in [2.45, 2.75) is 39.0 Å². The van der Waals surface area contributed by atoms with Crippen molar-refractivity contribution in [2.24, 2.45) is 0 Å². The van der Waals surface area contributed by atoms with Gasteiger partial charge >= 0.3 is 5.97 Å². The second kappa shape index (κ2) is 9.97. The largest absolute Gasteiger partial charge is 0.484 e. The number of aryl methyl sites for hydroxylation is 2. The van der Waals surface area contributed by atoms with Crippen molar-refractivity contribution in [1.82, 2.24) is 9.88 Å². The molecule has 0 aliphatic carbocycles. The second-order valence-electron chi connectivity index (χ2n) is 8.13. The number of carboxylic acids is 1. The molecule has 3 aromatic rings. The lowest BCUT2D eigenvalue weighted by atomic mass is 10.0. The Morgan fingerprint density at radius 1 is 1.16 bits per heavy atom. The molecule has 1 aromatic heterocycles. The zero-order chi connectivity index (χ0) is 22.5. The van der Waals surface area contributed by atoms with Crippen LogP contribution in [0.5, 0.6) is 5.75 Å². The minimum Gasteiger partial charge on any atom is -0.484 e. The summed E-state index contributed by atoms with van der Waals surface area (Å²) in [5.74, 6) is 0.613. The number of hydrogen-bond donors (Lipinski definition) is 1. The van der Waals surface area contributed by atoms with Crippen LogP contribution in [0.15, 0.2) is 59.3 Å². The summed E-state index contributed by atoms with van der Waals surface area (Å²) in [6.45, 7) is 5.86. The summed E-state index contributed by atoms with van der Waals surface area (Å²) < 4.78 is 17.1. The molecule has 1 saturated heterocycles. The van der Waals surface area contributed by atoms with Crippen molar-refractivity contribution in [3.8, 4) is 5.75 Å². The molecule has 32 heavy (non-hydrogen) atoms. The molecule has 0 amide bonds. The highest BCUT2D eigenvalue weighted by Gasteiger charge is 2.29. The summed E-state index contributed by atoms with van der Waals surface area (Å²) in [4.78, 5) is 17.8. The summed E-state index contributed by atoms with van der Waals surface area (Å²) in [6.07, 6.45) is 1.84. The lowest BCUT2D eigenvalue weighted by Crippen LogP contribution is -2.49. The Hall–Kier alpha value is -3.16. The van der Waals surface area contributed by atoms with Gasteiger partial charge in [0.15, 0.2) is 6.39 Å². The van der Waals surface area contributed by atoms with E-state index in [4.69, 9.17) is 13.9 Å². The van der Waals surface area contributed by atoms with E-state index < -0.39 is 12.0 Å². The number of nitrogens with zero attached hydrogens (tertiary/aromatic N) is 2. The smallest absolute Gasteiger partial charge is 0.323 e. The summed E-state index contributed by atoms with van der Waals surface area (Å²) in [5, 5.41) is 9.42. The van der Waals surface area contributed by atoms with Gasteiger partial charge in [0.2, 0.25) is 0 Å². The van der Waals surface area contributed by atoms with Crippen LogP contribution >= 0.6 is 0 Å². The van der Waals surface area contributed by atoms with E-state index in [9.17, 15) is 9.90 Å².